The van der Waals surface area contributed by atoms with Crippen molar-refractivity contribution in [2.75, 3.05) is 26.4 Å². The zero-order chi connectivity index (χ0) is 12.3. The van der Waals surface area contributed by atoms with Crippen molar-refractivity contribution < 1.29 is 19.4 Å². The van der Waals surface area contributed by atoms with Crippen LogP contribution < -0.4 is 5.32 Å². The Hall–Kier alpha value is -0.650. The Morgan fingerprint density at radius 1 is 1.41 bits per heavy atom. The van der Waals surface area contributed by atoms with E-state index in [-0.39, 0.29) is 24.5 Å². The van der Waals surface area contributed by atoms with Crippen LogP contribution in [0.3, 0.4) is 0 Å². The largest absolute Gasteiger partial charge is 0.394 e. The maximum atomic E-state index is 12.1. The number of amides is 1. The molecule has 0 bridgehead atoms. The molecule has 1 amide bonds. The summed E-state index contributed by atoms with van der Waals surface area (Å²) in [7, 11) is 0. The smallest absolute Gasteiger partial charge is 0.249 e. The Labute approximate surface area is 101 Å². The Bertz CT molecular complexity index is 276. The van der Waals surface area contributed by atoms with Crippen LogP contribution >= 0.6 is 0 Å². The zero-order valence-electron chi connectivity index (χ0n) is 10.3. The van der Waals surface area contributed by atoms with Gasteiger partial charge in [0.15, 0.2) is 0 Å². The molecule has 0 aromatic heterocycles. The number of hydrogen-bond donors (Lipinski definition) is 2. The molecule has 2 atom stereocenters. The van der Waals surface area contributed by atoms with E-state index in [1.807, 2.05) is 6.92 Å². The van der Waals surface area contributed by atoms with Crippen molar-refractivity contribution in [2.24, 2.45) is 5.92 Å². The number of carbonyl (C=O) groups is 1. The van der Waals surface area contributed by atoms with E-state index in [0.29, 0.717) is 32.7 Å². The van der Waals surface area contributed by atoms with Gasteiger partial charge in [-0.3, -0.25) is 4.79 Å². The normalized spacial score (nSPS) is 32.4. The van der Waals surface area contributed by atoms with Crippen molar-refractivity contribution in [3.05, 3.63) is 0 Å². The summed E-state index contributed by atoms with van der Waals surface area (Å²) in [6, 6.07) is 0. The summed E-state index contributed by atoms with van der Waals surface area (Å²) in [5.74, 6) is 0.163. The topological polar surface area (TPSA) is 67.8 Å². The fourth-order valence-electron chi connectivity index (χ4n) is 2.45. The molecule has 2 N–H and O–H groups in total. The molecule has 2 unspecified atom stereocenters. The number of hydrogen-bond acceptors (Lipinski definition) is 4. The van der Waals surface area contributed by atoms with Gasteiger partial charge < -0.3 is 19.9 Å². The second-order valence-corrected chi connectivity index (χ2v) is 5.10. The maximum absolute atomic E-state index is 12.1. The molecule has 5 heteroatoms. The molecule has 0 saturated carbocycles. The highest BCUT2D eigenvalue weighted by Crippen LogP contribution is 2.24. The van der Waals surface area contributed by atoms with Crippen LogP contribution in [0, 0.1) is 5.92 Å². The van der Waals surface area contributed by atoms with E-state index < -0.39 is 5.54 Å². The third-order valence-electron chi connectivity index (χ3n) is 3.79. The Morgan fingerprint density at radius 3 is 2.65 bits per heavy atom. The van der Waals surface area contributed by atoms with Gasteiger partial charge in [0.25, 0.3) is 0 Å². The van der Waals surface area contributed by atoms with Crippen LogP contribution in [0.25, 0.3) is 0 Å². The minimum absolute atomic E-state index is 0.0385. The highest BCUT2D eigenvalue weighted by molar-refractivity contribution is 5.82. The standard InChI is InChI=1S/C12H21NO4/c1-9-2-5-17-10(9)11(15)13-12(8-14)3-6-16-7-4-12/h9-10,14H,2-8H2,1H3,(H,13,15). The predicted octanol–water partition coefficient (Wildman–Crippen LogP) is 0.0691. The fraction of sp³-hybridized carbons (Fsp3) is 0.917. The van der Waals surface area contributed by atoms with Gasteiger partial charge in [-0.05, 0) is 25.2 Å². The number of aliphatic hydroxyl groups is 1. The van der Waals surface area contributed by atoms with E-state index in [9.17, 15) is 9.90 Å². The number of rotatable bonds is 3. The van der Waals surface area contributed by atoms with Crippen LogP contribution in [0.5, 0.6) is 0 Å². The van der Waals surface area contributed by atoms with Gasteiger partial charge in [0, 0.05) is 19.8 Å². The molecule has 0 radical (unpaired) electrons. The van der Waals surface area contributed by atoms with Gasteiger partial charge in [-0.2, -0.15) is 0 Å². The molecule has 2 fully saturated rings. The lowest BCUT2D eigenvalue weighted by molar-refractivity contribution is -0.135. The molecule has 0 aromatic rings. The van der Waals surface area contributed by atoms with Crippen LogP contribution in [0.2, 0.25) is 0 Å². The summed E-state index contributed by atoms with van der Waals surface area (Å²) in [5.41, 5.74) is -0.513. The maximum Gasteiger partial charge on any atom is 0.249 e. The second-order valence-electron chi connectivity index (χ2n) is 5.10. The summed E-state index contributed by atoms with van der Waals surface area (Å²) in [6.45, 7) is 3.80. The van der Waals surface area contributed by atoms with E-state index in [2.05, 4.69) is 5.32 Å². The summed E-state index contributed by atoms with van der Waals surface area (Å²) in [4.78, 5) is 12.1. The van der Waals surface area contributed by atoms with Crippen molar-refractivity contribution in [2.45, 2.75) is 37.8 Å². The van der Waals surface area contributed by atoms with Gasteiger partial charge >= 0.3 is 0 Å². The van der Waals surface area contributed by atoms with Crippen LogP contribution in [0.4, 0.5) is 0 Å². The third-order valence-corrected chi connectivity index (χ3v) is 3.79. The fourth-order valence-corrected chi connectivity index (χ4v) is 2.45. The molecule has 0 spiro atoms. The third kappa shape index (κ3) is 2.78. The van der Waals surface area contributed by atoms with Crippen molar-refractivity contribution in [3.63, 3.8) is 0 Å². The quantitative estimate of drug-likeness (QED) is 0.736. The average Bonchev–Trinajstić information content (AvgIpc) is 2.77. The first-order valence-corrected chi connectivity index (χ1v) is 6.29. The number of nitrogens with one attached hydrogen (secondary N) is 1. The zero-order valence-corrected chi connectivity index (χ0v) is 10.3. The second kappa shape index (κ2) is 5.33. The Balaban J connectivity index is 1.95. The SMILES string of the molecule is CC1CCOC1C(=O)NC1(CO)CCOCC1. The average molecular weight is 243 g/mol. The minimum atomic E-state index is -0.513. The van der Waals surface area contributed by atoms with E-state index in [1.165, 1.54) is 0 Å². The minimum Gasteiger partial charge on any atom is -0.394 e. The number of carbonyl (C=O) groups excluding carboxylic acids is 1. The molecule has 0 aromatic carbocycles. The first-order valence-electron chi connectivity index (χ1n) is 6.29. The van der Waals surface area contributed by atoms with Gasteiger partial charge in [-0.25, -0.2) is 0 Å². The van der Waals surface area contributed by atoms with Crippen molar-refractivity contribution >= 4 is 5.91 Å². The Kier molecular flexibility index (Phi) is 4.01. The van der Waals surface area contributed by atoms with Gasteiger partial charge in [0.05, 0.1) is 12.1 Å². The molecule has 0 aliphatic carbocycles. The van der Waals surface area contributed by atoms with Crippen molar-refractivity contribution in [1.29, 1.82) is 0 Å². The van der Waals surface area contributed by atoms with E-state index in [4.69, 9.17) is 9.47 Å². The predicted molar refractivity (Wildman–Crippen MR) is 61.5 cm³/mol. The van der Waals surface area contributed by atoms with Crippen LogP contribution in [0.1, 0.15) is 26.2 Å². The molecule has 2 aliphatic heterocycles. The molecule has 5 nitrogen and oxygen atoms in total. The molecule has 2 saturated heterocycles. The highest BCUT2D eigenvalue weighted by Gasteiger charge is 2.38. The molecule has 2 aliphatic rings. The summed E-state index contributed by atoms with van der Waals surface area (Å²) in [6.07, 6.45) is 1.89. The summed E-state index contributed by atoms with van der Waals surface area (Å²) >= 11 is 0. The van der Waals surface area contributed by atoms with Gasteiger partial charge in [0.1, 0.15) is 6.10 Å². The van der Waals surface area contributed by atoms with E-state index in [0.717, 1.165) is 6.42 Å². The molecule has 98 valence electrons. The van der Waals surface area contributed by atoms with Crippen molar-refractivity contribution in [3.8, 4) is 0 Å². The number of aliphatic hydroxyl groups excluding tert-OH is 1. The lowest BCUT2D eigenvalue weighted by Crippen LogP contribution is -2.57. The Morgan fingerprint density at radius 2 is 2.12 bits per heavy atom. The summed E-state index contributed by atoms with van der Waals surface area (Å²) in [5, 5.41) is 12.4. The first kappa shape index (κ1) is 12.8. The monoisotopic (exact) mass is 243 g/mol. The van der Waals surface area contributed by atoms with Crippen LogP contribution in [0.15, 0.2) is 0 Å². The lowest BCUT2D eigenvalue weighted by Gasteiger charge is -2.37. The first-order chi connectivity index (χ1) is 8.17. The molecule has 2 rings (SSSR count). The van der Waals surface area contributed by atoms with Crippen molar-refractivity contribution in [1.82, 2.24) is 5.32 Å². The van der Waals surface area contributed by atoms with E-state index in [1.54, 1.807) is 0 Å². The molecular weight excluding hydrogens is 222 g/mol. The van der Waals surface area contributed by atoms with Gasteiger partial charge in [0.2, 0.25) is 5.91 Å². The van der Waals surface area contributed by atoms with Crippen LogP contribution in [-0.2, 0) is 14.3 Å². The van der Waals surface area contributed by atoms with Crippen LogP contribution in [-0.4, -0.2) is 49.1 Å². The molecule has 17 heavy (non-hydrogen) atoms. The number of ether oxygens (including phenoxy) is 2. The molecule has 2 heterocycles. The van der Waals surface area contributed by atoms with Gasteiger partial charge in [-0.15, -0.1) is 0 Å². The molecular formula is C12H21NO4. The van der Waals surface area contributed by atoms with Gasteiger partial charge in [-0.1, -0.05) is 6.92 Å². The van der Waals surface area contributed by atoms with E-state index >= 15 is 0 Å². The summed E-state index contributed by atoms with van der Waals surface area (Å²) < 4.78 is 10.7. The highest BCUT2D eigenvalue weighted by atomic mass is 16.5. The lowest BCUT2D eigenvalue weighted by atomic mass is 9.90.